The van der Waals surface area contributed by atoms with E-state index in [9.17, 15) is 0 Å². The van der Waals surface area contributed by atoms with E-state index < -0.39 is 0 Å². The van der Waals surface area contributed by atoms with Gasteiger partial charge in [0, 0.05) is 25.6 Å². The van der Waals surface area contributed by atoms with Crippen molar-refractivity contribution >= 4 is 0 Å². The quantitative estimate of drug-likeness (QED) is 0.922. The standard InChI is InChI=1S/C18H28N2O/c1-4-19-17-7-8-20(11-14(17)3)12-16-10-15-9-13(2)5-6-18(15)21-16/h5-6,9,14,16-17,19H,4,7-8,10-12H2,1-3H3. The zero-order valence-electron chi connectivity index (χ0n) is 13.6. The lowest BCUT2D eigenvalue weighted by molar-refractivity contribution is 0.0981. The van der Waals surface area contributed by atoms with Crippen LogP contribution < -0.4 is 10.1 Å². The molecule has 1 saturated heterocycles. The van der Waals surface area contributed by atoms with Crippen LogP contribution in [0.3, 0.4) is 0 Å². The molecule has 0 spiro atoms. The average Bonchev–Trinajstić information content (AvgIpc) is 2.83. The maximum Gasteiger partial charge on any atom is 0.123 e. The van der Waals surface area contributed by atoms with Gasteiger partial charge in [-0.2, -0.15) is 0 Å². The van der Waals surface area contributed by atoms with Crippen molar-refractivity contribution in [1.82, 2.24) is 10.2 Å². The summed E-state index contributed by atoms with van der Waals surface area (Å²) >= 11 is 0. The molecule has 0 amide bonds. The molecule has 0 radical (unpaired) electrons. The van der Waals surface area contributed by atoms with Gasteiger partial charge in [-0.05, 0) is 44.0 Å². The van der Waals surface area contributed by atoms with Crippen molar-refractivity contribution in [2.75, 3.05) is 26.2 Å². The minimum Gasteiger partial charge on any atom is -0.488 e. The summed E-state index contributed by atoms with van der Waals surface area (Å²) in [6.07, 6.45) is 2.66. The van der Waals surface area contributed by atoms with Gasteiger partial charge in [0.25, 0.3) is 0 Å². The molecule has 1 N–H and O–H groups in total. The van der Waals surface area contributed by atoms with Crippen LogP contribution in [0.25, 0.3) is 0 Å². The van der Waals surface area contributed by atoms with Gasteiger partial charge in [-0.15, -0.1) is 0 Å². The van der Waals surface area contributed by atoms with Crippen molar-refractivity contribution in [1.29, 1.82) is 0 Å². The summed E-state index contributed by atoms with van der Waals surface area (Å²) in [6.45, 7) is 11.2. The molecule has 2 heterocycles. The Morgan fingerprint density at radius 1 is 1.38 bits per heavy atom. The van der Waals surface area contributed by atoms with Gasteiger partial charge in [-0.25, -0.2) is 0 Å². The van der Waals surface area contributed by atoms with Crippen LogP contribution in [-0.2, 0) is 6.42 Å². The van der Waals surface area contributed by atoms with Gasteiger partial charge in [0.15, 0.2) is 0 Å². The lowest BCUT2D eigenvalue weighted by Crippen LogP contribution is -2.50. The van der Waals surface area contributed by atoms with Gasteiger partial charge >= 0.3 is 0 Å². The van der Waals surface area contributed by atoms with E-state index in [1.807, 2.05) is 0 Å². The minimum atomic E-state index is 0.338. The fourth-order valence-electron chi connectivity index (χ4n) is 3.80. The van der Waals surface area contributed by atoms with Crippen LogP contribution in [0.5, 0.6) is 5.75 Å². The number of ether oxygens (including phenoxy) is 1. The predicted molar refractivity (Wildman–Crippen MR) is 87.0 cm³/mol. The number of nitrogens with one attached hydrogen (secondary N) is 1. The Hall–Kier alpha value is -1.06. The third-order valence-electron chi connectivity index (χ3n) is 4.87. The van der Waals surface area contributed by atoms with Crippen LogP contribution in [-0.4, -0.2) is 43.2 Å². The van der Waals surface area contributed by atoms with Crippen LogP contribution in [0, 0.1) is 12.8 Å². The van der Waals surface area contributed by atoms with Gasteiger partial charge in [0.1, 0.15) is 11.9 Å². The van der Waals surface area contributed by atoms with E-state index >= 15 is 0 Å². The number of hydrogen-bond donors (Lipinski definition) is 1. The van der Waals surface area contributed by atoms with Gasteiger partial charge in [0.05, 0.1) is 0 Å². The Morgan fingerprint density at radius 2 is 2.24 bits per heavy atom. The molecule has 1 aromatic carbocycles. The Bertz CT molecular complexity index is 488. The fourth-order valence-corrected chi connectivity index (χ4v) is 3.80. The summed E-state index contributed by atoms with van der Waals surface area (Å²) in [7, 11) is 0. The molecule has 1 aromatic rings. The molecule has 0 aromatic heterocycles. The van der Waals surface area contributed by atoms with E-state index in [-0.39, 0.29) is 0 Å². The first-order chi connectivity index (χ1) is 10.2. The molecular formula is C18H28N2O. The maximum atomic E-state index is 6.12. The summed E-state index contributed by atoms with van der Waals surface area (Å²) in [6, 6.07) is 7.24. The lowest BCUT2D eigenvalue weighted by Gasteiger charge is -2.38. The van der Waals surface area contributed by atoms with Crippen LogP contribution in [0.2, 0.25) is 0 Å². The van der Waals surface area contributed by atoms with Gasteiger partial charge in [-0.1, -0.05) is 31.5 Å². The summed E-state index contributed by atoms with van der Waals surface area (Å²) in [4.78, 5) is 2.59. The van der Waals surface area contributed by atoms with Crippen molar-refractivity contribution in [3.8, 4) is 5.75 Å². The fraction of sp³-hybridized carbons (Fsp3) is 0.667. The monoisotopic (exact) mass is 288 g/mol. The Balaban J connectivity index is 1.53. The van der Waals surface area contributed by atoms with Crippen LogP contribution in [0.15, 0.2) is 18.2 Å². The predicted octanol–water partition coefficient (Wildman–Crippen LogP) is 2.62. The van der Waals surface area contributed by atoms with Crippen LogP contribution in [0.1, 0.15) is 31.4 Å². The van der Waals surface area contributed by atoms with Crippen LogP contribution in [0.4, 0.5) is 0 Å². The van der Waals surface area contributed by atoms with Gasteiger partial charge in [0.2, 0.25) is 0 Å². The SMILES string of the molecule is CCNC1CCN(CC2Cc3cc(C)ccc3O2)CC1C. The molecule has 1 fully saturated rings. The molecule has 2 aliphatic heterocycles. The summed E-state index contributed by atoms with van der Waals surface area (Å²) in [5, 5.41) is 3.61. The molecule has 3 heteroatoms. The van der Waals surface area contributed by atoms with Crippen molar-refractivity contribution in [2.45, 2.75) is 45.8 Å². The van der Waals surface area contributed by atoms with Crippen molar-refractivity contribution in [3.05, 3.63) is 29.3 Å². The number of piperidine rings is 1. The van der Waals surface area contributed by atoms with E-state index in [1.54, 1.807) is 0 Å². The second kappa shape index (κ2) is 6.37. The normalized spacial score (nSPS) is 29.2. The summed E-state index contributed by atoms with van der Waals surface area (Å²) in [5.41, 5.74) is 2.72. The smallest absolute Gasteiger partial charge is 0.123 e. The third-order valence-corrected chi connectivity index (χ3v) is 4.87. The molecule has 3 atom stereocenters. The number of fused-ring (bicyclic) bond motifs is 1. The number of nitrogens with zero attached hydrogens (tertiary/aromatic N) is 1. The summed E-state index contributed by atoms with van der Waals surface area (Å²) < 4.78 is 6.12. The highest BCUT2D eigenvalue weighted by Crippen LogP contribution is 2.30. The van der Waals surface area contributed by atoms with Crippen LogP contribution >= 0.6 is 0 Å². The van der Waals surface area contributed by atoms with Gasteiger partial charge < -0.3 is 10.1 Å². The molecule has 3 unspecified atom stereocenters. The molecule has 2 aliphatic rings. The average molecular weight is 288 g/mol. The molecule has 0 bridgehead atoms. The molecule has 0 aliphatic carbocycles. The zero-order valence-corrected chi connectivity index (χ0v) is 13.6. The maximum absolute atomic E-state index is 6.12. The first kappa shape index (κ1) is 14.9. The number of aryl methyl sites for hydroxylation is 1. The largest absolute Gasteiger partial charge is 0.488 e. The molecular weight excluding hydrogens is 260 g/mol. The van der Waals surface area contributed by atoms with E-state index in [0.717, 1.165) is 31.2 Å². The lowest BCUT2D eigenvalue weighted by atomic mass is 9.93. The van der Waals surface area contributed by atoms with E-state index in [1.165, 1.54) is 30.6 Å². The molecule has 21 heavy (non-hydrogen) atoms. The topological polar surface area (TPSA) is 24.5 Å². The first-order valence-corrected chi connectivity index (χ1v) is 8.37. The van der Waals surface area contributed by atoms with Gasteiger partial charge in [-0.3, -0.25) is 4.90 Å². The molecule has 0 saturated carbocycles. The third kappa shape index (κ3) is 3.41. The molecule has 116 valence electrons. The zero-order chi connectivity index (χ0) is 14.8. The first-order valence-electron chi connectivity index (χ1n) is 8.37. The van der Waals surface area contributed by atoms with Crippen molar-refractivity contribution in [2.24, 2.45) is 5.92 Å². The summed E-state index contributed by atoms with van der Waals surface area (Å²) in [5.74, 6) is 1.82. The Kier molecular flexibility index (Phi) is 4.51. The number of rotatable bonds is 4. The second-order valence-electron chi connectivity index (χ2n) is 6.74. The molecule has 3 nitrogen and oxygen atoms in total. The van der Waals surface area contributed by atoms with E-state index in [4.69, 9.17) is 4.74 Å². The second-order valence-corrected chi connectivity index (χ2v) is 6.74. The van der Waals surface area contributed by atoms with E-state index in [2.05, 4.69) is 49.2 Å². The Labute approximate surface area is 128 Å². The number of likely N-dealkylation sites (tertiary alicyclic amines) is 1. The van der Waals surface area contributed by atoms with Crippen molar-refractivity contribution < 1.29 is 4.74 Å². The number of benzene rings is 1. The van der Waals surface area contributed by atoms with E-state index in [0.29, 0.717) is 12.1 Å². The highest BCUT2D eigenvalue weighted by molar-refractivity contribution is 5.40. The highest BCUT2D eigenvalue weighted by atomic mass is 16.5. The molecule has 3 rings (SSSR count). The van der Waals surface area contributed by atoms with Crippen molar-refractivity contribution in [3.63, 3.8) is 0 Å². The number of hydrogen-bond acceptors (Lipinski definition) is 3. The highest BCUT2D eigenvalue weighted by Gasteiger charge is 2.29. The Morgan fingerprint density at radius 3 is 3.00 bits per heavy atom. The minimum absolute atomic E-state index is 0.338.